The lowest BCUT2D eigenvalue weighted by Crippen LogP contribution is -2.71. The van der Waals surface area contributed by atoms with Gasteiger partial charge in [-0.05, 0) is 5.57 Å². The molecule has 1 aromatic rings. The second kappa shape index (κ2) is 7.54. The van der Waals surface area contributed by atoms with E-state index < -0.39 is 29.2 Å². The Hall–Kier alpha value is -2.64. The number of ether oxygens (including phenoxy) is 1. The molecule has 13 heteroatoms. The minimum Gasteiger partial charge on any atom is -0.477 e. The molecule has 2 aliphatic rings. The van der Waals surface area contributed by atoms with E-state index in [1.54, 1.807) is 0 Å². The van der Waals surface area contributed by atoms with Crippen molar-refractivity contribution < 1.29 is 29.4 Å². The van der Waals surface area contributed by atoms with Gasteiger partial charge in [0.1, 0.15) is 22.8 Å². The molecule has 2 atom stereocenters. The van der Waals surface area contributed by atoms with Crippen molar-refractivity contribution in [2.45, 2.75) is 11.4 Å². The molecule has 3 rings (SSSR count). The summed E-state index contributed by atoms with van der Waals surface area (Å²) in [6.45, 7) is 0.0920. The predicted molar refractivity (Wildman–Crippen MR) is 96.4 cm³/mol. The Morgan fingerprint density at radius 2 is 2.30 bits per heavy atom. The van der Waals surface area contributed by atoms with E-state index in [9.17, 15) is 19.5 Å². The van der Waals surface area contributed by atoms with Crippen molar-refractivity contribution in [3.63, 3.8) is 0 Å². The lowest BCUT2D eigenvalue weighted by Gasteiger charge is -2.49. The number of nitrogens with one attached hydrogen (secondary N) is 1. The molecular weight excluding hydrogens is 398 g/mol. The summed E-state index contributed by atoms with van der Waals surface area (Å²) in [6, 6.07) is -0.950. The molecule has 0 saturated carbocycles. The summed E-state index contributed by atoms with van der Waals surface area (Å²) in [6.07, 6.45) is 0. The average molecular weight is 413 g/mol. The molecule has 0 aliphatic carbocycles. The van der Waals surface area contributed by atoms with Crippen molar-refractivity contribution in [3.05, 3.63) is 22.3 Å². The number of nitrogens with two attached hydrogens (primary N) is 1. The predicted octanol–water partition coefficient (Wildman–Crippen LogP) is -0.711. The van der Waals surface area contributed by atoms with Crippen LogP contribution in [0.15, 0.2) is 21.8 Å². The highest BCUT2D eigenvalue weighted by atomic mass is 32.2. The van der Waals surface area contributed by atoms with Crippen LogP contribution in [-0.2, 0) is 19.1 Å². The fraction of sp³-hybridized carbons (Fsp3) is 0.357. The number of nitrogen functional groups attached to an aromatic ring is 1. The second-order valence-corrected chi connectivity index (χ2v) is 7.57. The van der Waals surface area contributed by atoms with Gasteiger partial charge in [-0.25, -0.2) is 9.78 Å². The summed E-state index contributed by atoms with van der Waals surface area (Å²) >= 11 is 2.37. The maximum absolute atomic E-state index is 12.5. The molecule has 0 unspecified atom stereocenters. The largest absolute Gasteiger partial charge is 0.477 e. The Bertz CT molecular complexity index is 866. The van der Waals surface area contributed by atoms with Crippen LogP contribution in [0.1, 0.15) is 5.69 Å². The maximum atomic E-state index is 12.5. The Morgan fingerprint density at radius 1 is 1.56 bits per heavy atom. The number of carbonyl (C=O) groups excluding carboxylic acids is 2. The SMILES string of the molecule is COCC1=C(C(=O)O)N2C(=O)[C@@H](NC(=O)/C(=N/O)c3csc(N)n3)[C@H]2SC1. The topological polar surface area (TPSA) is 167 Å². The lowest BCUT2D eigenvalue weighted by atomic mass is 10.0. The molecule has 1 fully saturated rings. The Balaban J connectivity index is 1.77. The number of hydrogen-bond donors (Lipinski definition) is 4. The third kappa shape index (κ3) is 3.36. The van der Waals surface area contributed by atoms with Crippen LogP contribution >= 0.6 is 23.1 Å². The number of carbonyl (C=O) groups is 3. The number of rotatable bonds is 6. The molecule has 2 aliphatic heterocycles. The van der Waals surface area contributed by atoms with Gasteiger partial charge in [-0.3, -0.25) is 14.5 Å². The van der Waals surface area contributed by atoms with E-state index in [-0.39, 0.29) is 28.8 Å². The molecule has 27 heavy (non-hydrogen) atoms. The standard InChI is InChI=1S/C14H15N5O6S2/c1-25-2-5-3-26-12-8(11(21)19(12)9(5)13(22)23)17-10(20)7(18-24)6-4-27-14(15)16-6/h4,8,12,24H,2-3H2,1H3,(H2,15,16)(H,17,20)(H,22,23)/b18-7+/t8-,12-/m1/s1. The van der Waals surface area contributed by atoms with Gasteiger partial charge in [-0.15, -0.1) is 23.1 Å². The highest BCUT2D eigenvalue weighted by molar-refractivity contribution is 8.00. The summed E-state index contributed by atoms with van der Waals surface area (Å²) < 4.78 is 4.99. The highest BCUT2D eigenvalue weighted by Gasteiger charge is 2.54. The maximum Gasteiger partial charge on any atom is 0.352 e. The Labute approximate surface area is 160 Å². The Kier molecular flexibility index (Phi) is 5.34. The van der Waals surface area contributed by atoms with Crippen molar-refractivity contribution in [2.75, 3.05) is 25.2 Å². The van der Waals surface area contributed by atoms with E-state index in [2.05, 4.69) is 15.5 Å². The summed E-state index contributed by atoms with van der Waals surface area (Å²) in [5.41, 5.74) is 5.55. The summed E-state index contributed by atoms with van der Waals surface area (Å²) in [5.74, 6) is -2.27. The molecule has 0 bridgehead atoms. The number of oxime groups is 1. The van der Waals surface area contributed by atoms with Gasteiger partial charge < -0.3 is 26.1 Å². The molecule has 11 nitrogen and oxygen atoms in total. The first-order valence-electron chi connectivity index (χ1n) is 7.52. The first-order valence-corrected chi connectivity index (χ1v) is 9.45. The van der Waals surface area contributed by atoms with Crippen molar-refractivity contribution in [1.29, 1.82) is 0 Å². The number of thioether (sulfide) groups is 1. The van der Waals surface area contributed by atoms with Gasteiger partial charge in [0.2, 0.25) is 0 Å². The number of carboxylic acid groups (broad SMARTS) is 1. The van der Waals surface area contributed by atoms with Crippen LogP contribution in [0.4, 0.5) is 5.13 Å². The number of anilines is 1. The molecule has 2 amide bonds. The number of thiazole rings is 1. The second-order valence-electron chi connectivity index (χ2n) is 5.57. The minimum atomic E-state index is -1.24. The Morgan fingerprint density at radius 3 is 2.85 bits per heavy atom. The first-order chi connectivity index (χ1) is 12.9. The van der Waals surface area contributed by atoms with Crippen LogP contribution in [0.3, 0.4) is 0 Å². The van der Waals surface area contributed by atoms with Gasteiger partial charge in [0.05, 0.1) is 6.61 Å². The molecule has 3 heterocycles. The number of nitrogens with zero attached hydrogens (tertiary/aromatic N) is 3. The van der Waals surface area contributed by atoms with Gasteiger partial charge in [-0.1, -0.05) is 5.16 Å². The van der Waals surface area contributed by atoms with E-state index in [0.29, 0.717) is 11.3 Å². The number of methoxy groups -OCH3 is 1. The molecule has 1 aromatic heterocycles. The van der Waals surface area contributed by atoms with E-state index in [4.69, 9.17) is 15.7 Å². The van der Waals surface area contributed by atoms with Crippen LogP contribution < -0.4 is 11.1 Å². The van der Waals surface area contributed by atoms with E-state index in [1.165, 1.54) is 24.3 Å². The fourth-order valence-electron chi connectivity index (χ4n) is 2.79. The molecule has 1 saturated heterocycles. The normalized spacial score (nSPS) is 22.3. The number of carboxylic acids is 1. The highest BCUT2D eigenvalue weighted by Crippen LogP contribution is 2.40. The number of amides is 2. The van der Waals surface area contributed by atoms with Crippen molar-refractivity contribution >= 4 is 51.7 Å². The monoisotopic (exact) mass is 413 g/mol. The third-order valence-electron chi connectivity index (χ3n) is 3.93. The van der Waals surface area contributed by atoms with Crippen LogP contribution in [0.25, 0.3) is 0 Å². The zero-order valence-corrected chi connectivity index (χ0v) is 15.5. The van der Waals surface area contributed by atoms with Crippen LogP contribution in [0, 0.1) is 0 Å². The van der Waals surface area contributed by atoms with Gasteiger partial charge in [-0.2, -0.15) is 0 Å². The molecule has 5 N–H and O–H groups in total. The van der Waals surface area contributed by atoms with Gasteiger partial charge in [0.15, 0.2) is 10.8 Å². The van der Waals surface area contributed by atoms with Gasteiger partial charge in [0, 0.05) is 18.2 Å². The number of fused-ring (bicyclic) bond motifs is 1. The third-order valence-corrected chi connectivity index (χ3v) is 5.95. The van der Waals surface area contributed by atoms with Crippen LogP contribution in [-0.4, -0.2) is 74.6 Å². The molecule has 0 aromatic carbocycles. The van der Waals surface area contributed by atoms with Gasteiger partial charge >= 0.3 is 5.97 Å². The zero-order valence-electron chi connectivity index (χ0n) is 13.9. The number of aliphatic carboxylic acids is 1. The summed E-state index contributed by atoms with van der Waals surface area (Å²) in [5, 5.41) is 25.0. The number of β-lactam (4-membered cyclic amide) rings is 1. The number of aromatic nitrogens is 1. The molecule has 0 spiro atoms. The van der Waals surface area contributed by atoms with E-state index in [1.807, 2.05) is 0 Å². The number of hydrogen-bond acceptors (Lipinski definition) is 10. The average Bonchev–Trinajstić information content (AvgIpc) is 3.05. The van der Waals surface area contributed by atoms with Gasteiger partial charge in [0.25, 0.3) is 11.8 Å². The zero-order chi connectivity index (χ0) is 19.7. The minimum absolute atomic E-state index is 0.0749. The van der Waals surface area contributed by atoms with E-state index in [0.717, 1.165) is 16.2 Å². The fourth-order valence-corrected chi connectivity index (χ4v) is 4.66. The van der Waals surface area contributed by atoms with E-state index >= 15 is 0 Å². The molecule has 144 valence electrons. The van der Waals surface area contributed by atoms with Crippen molar-refractivity contribution in [1.82, 2.24) is 15.2 Å². The van der Waals surface area contributed by atoms with Crippen molar-refractivity contribution in [3.8, 4) is 0 Å². The van der Waals surface area contributed by atoms with Crippen LogP contribution in [0.2, 0.25) is 0 Å². The van der Waals surface area contributed by atoms with Crippen molar-refractivity contribution in [2.24, 2.45) is 5.16 Å². The smallest absolute Gasteiger partial charge is 0.352 e. The quantitative estimate of drug-likeness (QED) is 0.204. The first kappa shape index (κ1) is 19.1. The van der Waals surface area contributed by atoms with Crippen LogP contribution in [0.5, 0.6) is 0 Å². The summed E-state index contributed by atoms with van der Waals surface area (Å²) in [4.78, 5) is 41.4. The molecular formula is C14H15N5O6S2. The lowest BCUT2D eigenvalue weighted by molar-refractivity contribution is -0.150. The summed E-state index contributed by atoms with van der Waals surface area (Å²) in [7, 11) is 1.44. The molecule has 0 radical (unpaired) electrons.